The Morgan fingerprint density at radius 1 is 1.24 bits per heavy atom. The number of aromatic nitrogens is 2. The topological polar surface area (TPSA) is 62.2 Å². The predicted octanol–water partition coefficient (Wildman–Crippen LogP) is 4.79. The van der Waals surface area contributed by atoms with Crippen molar-refractivity contribution in [1.82, 2.24) is 20.2 Å². The highest BCUT2D eigenvalue weighted by Crippen LogP contribution is 2.32. The molecular weight excluding hydrogens is 457 g/mol. The summed E-state index contributed by atoms with van der Waals surface area (Å²) in [7, 11) is 0. The first-order chi connectivity index (χ1) is 16.0. The third-order valence-corrected chi connectivity index (χ3v) is 7.46. The van der Waals surface area contributed by atoms with Gasteiger partial charge >= 0.3 is 0 Å². The number of imidazole rings is 1. The number of fused-ring (bicyclic) bond motifs is 1. The van der Waals surface area contributed by atoms with E-state index in [1.165, 1.54) is 0 Å². The number of hydrogen-bond acceptors (Lipinski definition) is 4. The minimum Gasteiger partial charge on any atom is -0.369 e. The molecule has 174 valence electrons. The summed E-state index contributed by atoms with van der Waals surface area (Å²) < 4.78 is 2.15. The maximum absolute atomic E-state index is 12.4. The van der Waals surface area contributed by atoms with Crippen molar-refractivity contribution in [2.45, 2.75) is 50.7 Å². The number of nitrogens with zero attached hydrogens (tertiary/aromatic N) is 3. The Labute approximate surface area is 204 Å². The predicted molar refractivity (Wildman–Crippen MR) is 134 cm³/mol. The van der Waals surface area contributed by atoms with Crippen LogP contribution in [-0.4, -0.2) is 47.2 Å². The Hall–Kier alpha value is -2.28. The summed E-state index contributed by atoms with van der Waals surface area (Å²) in [5.74, 6) is 0.156. The molecule has 0 aliphatic carbocycles. The van der Waals surface area contributed by atoms with Crippen LogP contribution in [0.2, 0.25) is 10.0 Å². The van der Waals surface area contributed by atoms with Crippen LogP contribution >= 0.6 is 23.2 Å². The van der Waals surface area contributed by atoms with Gasteiger partial charge < -0.3 is 20.1 Å². The first kappa shape index (κ1) is 22.5. The van der Waals surface area contributed by atoms with Crippen LogP contribution < -0.4 is 15.5 Å². The van der Waals surface area contributed by atoms with Gasteiger partial charge in [-0.3, -0.25) is 4.79 Å². The normalized spacial score (nSPS) is 21.6. The van der Waals surface area contributed by atoms with E-state index in [1.807, 2.05) is 18.5 Å². The van der Waals surface area contributed by atoms with Gasteiger partial charge in [-0.05, 0) is 68.6 Å². The first-order valence-corrected chi connectivity index (χ1v) is 12.4. The molecule has 0 saturated carbocycles. The molecule has 0 radical (unpaired) electrons. The monoisotopic (exact) mass is 485 g/mol. The molecule has 2 N–H and O–H groups in total. The summed E-state index contributed by atoms with van der Waals surface area (Å²) in [6, 6.07) is 12.5. The van der Waals surface area contributed by atoms with E-state index in [-0.39, 0.29) is 18.0 Å². The fourth-order valence-electron chi connectivity index (χ4n) is 5.06. The quantitative estimate of drug-likeness (QED) is 0.526. The average molecular weight is 486 g/mol. The van der Waals surface area contributed by atoms with Crippen molar-refractivity contribution in [3.8, 4) is 0 Å². The second-order valence-electron chi connectivity index (χ2n) is 9.16. The number of carbonyl (C=O) groups excluding carboxylic acids is 1. The van der Waals surface area contributed by atoms with Gasteiger partial charge in [-0.1, -0.05) is 29.3 Å². The Morgan fingerprint density at radius 2 is 2.12 bits per heavy atom. The largest absolute Gasteiger partial charge is 0.369 e. The molecule has 0 spiro atoms. The van der Waals surface area contributed by atoms with E-state index in [1.54, 1.807) is 6.07 Å². The molecule has 3 heterocycles. The van der Waals surface area contributed by atoms with Gasteiger partial charge in [-0.2, -0.15) is 0 Å². The maximum atomic E-state index is 12.4. The average Bonchev–Trinajstić information content (AvgIpc) is 3.54. The lowest BCUT2D eigenvalue weighted by atomic mass is 10.1. The standard InChI is InChI=1S/C25H29Cl2N5O/c1-16(21-6-4-17(26)11-22(21)27)32-15-29-23-7-5-20(13-24(23)32)31-10-8-19(14-31)30-25(33)12-18-3-2-9-28-18/h4-7,11,13,15-16,18-19,28H,2-3,8-10,12,14H2,1H3,(H,30,33)/t16-,18?,19?/m1/s1. The van der Waals surface area contributed by atoms with Gasteiger partial charge in [0.15, 0.2) is 0 Å². The number of rotatable bonds is 6. The third-order valence-electron chi connectivity index (χ3n) is 6.90. The van der Waals surface area contributed by atoms with Crippen molar-refractivity contribution in [3.63, 3.8) is 0 Å². The fourth-order valence-corrected chi connectivity index (χ4v) is 5.63. The molecule has 2 aliphatic heterocycles. The van der Waals surface area contributed by atoms with Gasteiger partial charge in [0.1, 0.15) is 0 Å². The molecule has 1 amide bonds. The van der Waals surface area contributed by atoms with Gasteiger partial charge in [0, 0.05) is 47.3 Å². The van der Waals surface area contributed by atoms with E-state index in [2.05, 4.69) is 50.2 Å². The van der Waals surface area contributed by atoms with Crippen molar-refractivity contribution < 1.29 is 4.79 Å². The van der Waals surface area contributed by atoms with Gasteiger partial charge in [0.05, 0.1) is 23.4 Å². The Morgan fingerprint density at radius 3 is 2.91 bits per heavy atom. The van der Waals surface area contributed by atoms with Crippen LogP contribution in [0.1, 0.15) is 44.2 Å². The molecule has 2 saturated heterocycles. The Bertz CT molecular complexity index is 1160. The van der Waals surface area contributed by atoms with Gasteiger partial charge in [0.2, 0.25) is 5.91 Å². The SMILES string of the molecule is C[C@H](c1ccc(Cl)cc1Cl)n1cnc2ccc(N3CCC(NC(=O)CC4CCCN4)C3)cc21. The number of carbonyl (C=O) groups is 1. The summed E-state index contributed by atoms with van der Waals surface area (Å²) in [6.07, 6.45) is 5.66. The van der Waals surface area contributed by atoms with Crippen molar-refractivity contribution >= 4 is 45.8 Å². The minimum atomic E-state index is 0.0184. The van der Waals surface area contributed by atoms with E-state index >= 15 is 0 Å². The summed E-state index contributed by atoms with van der Waals surface area (Å²) in [5.41, 5.74) is 4.16. The van der Waals surface area contributed by atoms with Gasteiger partial charge in [-0.15, -0.1) is 0 Å². The first-order valence-electron chi connectivity index (χ1n) is 11.7. The smallest absolute Gasteiger partial charge is 0.221 e. The molecule has 8 heteroatoms. The van der Waals surface area contributed by atoms with Crippen LogP contribution in [-0.2, 0) is 4.79 Å². The third kappa shape index (κ3) is 4.84. The zero-order chi connectivity index (χ0) is 22.9. The van der Waals surface area contributed by atoms with E-state index in [9.17, 15) is 4.79 Å². The lowest BCUT2D eigenvalue weighted by molar-refractivity contribution is -0.122. The highest BCUT2D eigenvalue weighted by molar-refractivity contribution is 6.35. The molecule has 2 fully saturated rings. The highest BCUT2D eigenvalue weighted by Gasteiger charge is 2.26. The van der Waals surface area contributed by atoms with Crippen molar-refractivity contribution in [2.24, 2.45) is 0 Å². The van der Waals surface area contributed by atoms with Crippen molar-refractivity contribution in [3.05, 3.63) is 58.3 Å². The van der Waals surface area contributed by atoms with Crippen LogP contribution in [0.5, 0.6) is 0 Å². The molecule has 3 atom stereocenters. The Balaban J connectivity index is 1.30. The summed E-state index contributed by atoms with van der Waals surface area (Å²) in [4.78, 5) is 19.4. The summed E-state index contributed by atoms with van der Waals surface area (Å²) in [6.45, 7) is 4.88. The highest BCUT2D eigenvalue weighted by atomic mass is 35.5. The zero-order valence-electron chi connectivity index (χ0n) is 18.7. The fraction of sp³-hybridized carbons (Fsp3) is 0.440. The zero-order valence-corrected chi connectivity index (χ0v) is 20.2. The maximum Gasteiger partial charge on any atom is 0.221 e. The molecule has 2 aliphatic rings. The van der Waals surface area contributed by atoms with E-state index in [0.717, 1.165) is 61.2 Å². The Kier molecular flexibility index (Phi) is 6.50. The van der Waals surface area contributed by atoms with Crippen LogP contribution in [0.15, 0.2) is 42.7 Å². The number of anilines is 1. The van der Waals surface area contributed by atoms with Gasteiger partial charge in [-0.25, -0.2) is 4.98 Å². The molecule has 2 unspecified atom stereocenters. The van der Waals surface area contributed by atoms with Crippen molar-refractivity contribution in [2.75, 3.05) is 24.5 Å². The lowest BCUT2D eigenvalue weighted by Crippen LogP contribution is -2.39. The molecule has 5 rings (SSSR count). The van der Waals surface area contributed by atoms with Crippen LogP contribution in [0, 0.1) is 0 Å². The number of halogens is 2. The molecule has 2 aromatic carbocycles. The lowest BCUT2D eigenvalue weighted by Gasteiger charge is -2.21. The second-order valence-corrected chi connectivity index (χ2v) is 10.0. The van der Waals surface area contributed by atoms with Crippen LogP contribution in [0.4, 0.5) is 5.69 Å². The number of hydrogen-bond donors (Lipinski definition) is 2. The molecule has 33 heavy (non-hydrogen) atoms. The van der Waals surface area contributed by atoms with Crippen LogP contribution in [0.3, 0.4) is 0 Å². The van der Waals surface area contributed by atoms with Gasteiger partial charge in [0.25, 0.3) is 0 Å². The number of benzene rings is 2. The number of nitrogens with one attached hydrogen (secondary N) is 2. The number of amides is 1. The van der Waals surface area contributed by atoms with E-state index < -0.39 is 0 Å². The molecule has 1 aromatic heterocycles. The van der Waals surface area contributed by atoms with Crippen LogP contribution in [0.25, 0.3) is 11.0 Å². The van der Waals surface area contributed by atoms with E-state index in [4.69, 9.17) is 23.2 Å². The molecule has 3 aromatic rings. The minimum absolute atomic E-state index is 0.0184. The molecule has 6 nitrogen and oxygen atoms in total. The summed E-state index contributed by atoms with van der Waals surface area (Å²) >= 11 is 12.6. The second kappa shape index (κ2) is 9.53. The summed E-state index contributed by atoms with van der Waals surface area (Å²) in [5, 5.41) is 7.92. The molecule has 0 bridgehead atoms. The molecular formula is C25H29Cl2N5O. The van der Waals surface area contributed by atoms with Crippen molar-refractivity contribution in [1.29, 1.82) is 0 Å². The van der Waals surface area contributed by atoms with E-state index in [0.29, 0.717) is 22.5 Å².